The second kappa shape index (κ2) is 9.37. The van der Waals surface area contributed by atoms with E-state index < -0.39 is 11.8 Å². The van der Waals surface area contributed by atoms with Crippen molar-refractivity contribution < 1.29 is 9.59 Å². The number of nitrogens with one attached hydrogen (secondary N) is 2. The third-order valence-corrected chi connectivity index (χ3v) is 5.07. The molecule has 0 aliphatic heterocycles. The van der Waals surface area contributed by atoms with Crippen molar-refractivity contribution >= 4 is 46.9 Å². The maximum absolute atomic E-state index is 12.1. The van der Waals surface area contributed by atoms with Crippen LogP contribution in [-0.2, 0) is 9.59 Å². The number of aromatic nitrogens is 1. The highest BCUT2D eigenvalue weighted by Crippen LogP contribution is 2.26. The minimum atomic E-state index is -0.856. The minimum absolute atomic E-state index is 0.535. The molecule has 0 aliphatic rings. The highest BCUT2D eigenvalue weighted by Gasteiger charge is 2.14. The third-order valence-electron chi connectivity index (χ3n) is 4.63. The number of hydrogen-bond donors (Lipinski definition) is 2. The molecule has 1 heterocycles. The number of rotatable bonds is 4. The fourth-order valence-electron chi connectivity index (χ4n) is 3.43. The second-order valence-corrected chi connectivity index (χ2v) is 8.19. The Kier molecular flexibility index (Phi) is 6.83. The molecule has 0 spiro atoms. The van der Waals surface area contributed by atoms with Crippen LogP contribution >= 0.6 is 23.2 Å². The number of halogens is 2. The van der Waals surface area contributed by atoms with E-state index in [0.717, 1.165) is 33.8 Å². The predicted molar refractivity (Wildman–Crippen MR) is 126 cm³/mol. The van der Waals surface area contributed by atoms with E-state index in [4.69, 9.17) is 23.2 Å². The Bertz CT molecular complexity index is 1160. The number of carbonyl (C=O) groups excluding carboxylic acids is 2. The number of anilines is 1. The molecular formula is C23H22Cl2N4O2. The molecular weight excluding hydrogens is 435 g/mol. The van der Waals surface area contributed by atoms with E-state index in [1.54, 1.807) is 18.2 Å². The van der Waals surface area contributed by atoms with Crippen molar-refractivity contribution in [3.8, 4) is 5.69 Å². The van der Waals surface area contributed by atoms with Gasteiger partial charge in [-0.2, -0.15) is 5.10 Å². The molecule has 2 amide bonds. The fourth-order valence-corrected chi connectivity index (χ4v) is 3.94. The highest BCUT2D eigenvalue weighted by atomic mass is 35.5. The fraction of sp³-hybridized carbons (Fsp3) is 0.174. The molecule has 0 aliphatic carbocycles. The van der Waals surface area contributed by atoms with Gasteiger partial charge >= 0.3 is 11.8 Å². The van der Waals surface area contributed by atoms with Gasteiger partial charge in [0.05, 0.1) is 6.21 Å². The summed E-state index contributed by atoms with van der Waals surface area (Å²) in [5.41, 5.74) is 8.23. The number of hydrazone groups is 1. The molecule has 31 heavy (non-hydrogen) atoms. The van der Waals surface area contributed by atoms with Gasteiger partial charge in [0.2, 0.25) is 0 Å². The van der Waals surface area contributed by atoms with Crippen molar-refractivity contribution in [3.05, 3.63) is 80.6 Å². The summed E-state index contributed by atoms with van der Waals surface area (Å²) >= 11 is 12.3. The molecule has 0 fully saturated rings. The van der Waals surface area contributed by atoms with Gasteiger partial charge in [-0.1, -0.05) is 29.3 Å². The van der Waals surface area contributed by atoms with E-state index in [1.807, 2.05) is 56.5 Å². The molecule has 2 aromatic carbocycles. The lowest BCUT2D eigenvalue weighted by Gasteiger charge is -2.10. The molecule has 0 saturated heterocycles. The molecule has 0 radical (unpaired) electrons. The quantitative estimate of drug-likeness (QED) is 0.325. The van der Waals surface area contributed by atoms with Gasteiger partial charge in [-0.25, -0.2) is 5.43 Å². The monoisotopic (exact) mass is 456 g/mol. The molecule has 0 atom stereocenters. The minimum Gasteiger partial charge on any atom is -0.318 e. The number of nitrogens with zero attached hydrogens (tertiary/aromatic N) is 2. The summed E-state index contributed by atoms with van der Waals surface area (Å²) in [5.74, 6) is -1.65. The largest absolute Gasteiger partial charge is 0.329 e. The Morgan fingerprint density at radius 3 is 2.10 bits per heavy atom. The van der Waals surface area contributed by atoms with Crippen LogP contribution in [0.5, 0.6) is 0 Å². The zero-order valence-electron chi connectivity index (χ0n) is 17.6. The number of carbonyl (C=O) groups is 2. The van der Waals surface area contributed by atoms with Gasteiger partial charge in [0.25, 0.3) is 0 Å². The second-order valence-electron chi connectivity index (χ2n) is 7.32. The molecule has 3 rings (SSSR count). The van der Waals surface area contributed by atoms with Crippen molar-refractivity contribution in [1.29, 1.82) is 0 Å². The molecule has 0 unspecified atom stereocenters. The Balaban J connectivity index is 1.71. The number of benzene rings is 2. The Labute approximate surface area is 190 Å². The summed E-state index contributed by atoms with van der Waals surface area (Å²) in [7, 11) is 0. The van der Waals surface area contributed by atoms with E-state index in [1.165, 1.54) is 6.21 Å². The van der Waals surface area contributed by atoms with Crippen LogP contribution in [0.4, 0.5) is 5.69 Å². The first kappa shape index (κ1) is 22.6. The van der Waals surface area contributed by atoms with Crippen molar-refractivity contribution in [1.82, 2.24) is 9.99 Å². The van der Waals surface area contributed by atoms with E-state index in [9.17, 15) is 9.59 Å². The van der Waals surface area contributed by atoms with Crippen LogP contribution in [-0.4, -0.2) is 22.6 Å². The summed E-state index contributed by atoms with van der Waals surface area (Å²) in [6, 6.07) is 12.8. The van der Waals surface area contributed by atoms with Crippen molar-refractivity contribution in [2.45, 2.75) is 27.7 Å². The molecule has 0 saturated carbocycles. The average Bonchev–Trinajstić information content (AvgIpc) is 2.93. The molecule has 160 valence electrons. The van der Waals surface area contributed by atoms with Gasteiger partial charge < -0.3 is 9.88 Å². The standard InChI is InChI=1S/C23H22Cl2N4O2/c1-13-5-14(2)7-20(6-13)27-22(30)23(31)28-26-12-17-8-15(3)29(16(17)4)21-10-18(24)9-19(25)11-21/h5-12H,1-4H3,(H,27,30)(H,28,31)/b26-12-. The maximum Gasteiger partial charge on any atom is 0.329 e. The van der Waals surface area contributed by atoms with Crippen LogP contribution < -0.4 is 10.7 Å². The number of aryl methyl sites for hydroxylation is 3. The summed E-state index contributed by atoms with van der Waals surface area (Å²) < 4.78 is 1.98. The zero-order valence-corrected chi connectivity index (χ0v) is 19.1. The van der Waals surface area contributed by atoms with Gasteiger partial charge in [-0.15, -0.1) is 0 Å². The molecule has 2 N–H and O–H groups in total. The van der Waals surface area contributed by atoms with E-state index in [0.29, 0.717) is 15.7 Å². The summed E-state index contributed by atoms with van der Waals surface area (Å²) in [5, 5.41) is 7.58. The normalized spacial score (nSPS) is 11.0. The van der Waals surface area contributed by atoms with Crippen LogP contribution in [0.3, 0.4) is 0 Å². The predicted octanol–water partition coefficient (Wildman–Crippen LogP) is 5.11. The van der Waals surface area contributed by atoms with Gasteiger partial charge in [-0.05, 0) is 75.2 Å². The lowest BCUT2D eigenvalue weighted by Crippen LogP contribution is -2.32. The topological polar surface area (TPSA) is 75.5 Å². The first-order chi connectivity index (χ1) is 14.6. The van der Waals surface area contributed by atoms with E-state index in [2.05, 4.69) is 15.8 Å². The van der Waals surface area contributed by atoms with Gasteiger partial charge in [0.1, 0.15) is 0 Å². The first-order valence-electron chi connectivity index (χ1n) is 9.52. The van der Waals surface area contributed by atoms with Crippen molar-refractivity contribution in [3.63, 3.8) is 0 Å². The Hall–Kier alpha value is -3.09. The first-order valence-corrected chi connectivity index (χ1v) is 10.3. The summed E-state index contributed by atoms with van der Waals surface area (Å²) in [6.07, 6.45) is 1.49. The summed E-state index contributed by atoms with van der Waals surface area (Å²) in [6.45, 7) is 7.69. The molecule has 3 aromatic rings. The molecule has 1 aromatic heterocycles. The van der Waals surface area contributed by atoms with E-state index >= 15 is 0 Å². The lowest BCUT2D eigenvalue weighted by atomic mass is 10.1. The number of amides is 2. The zero-order chi connectivity index (χ0) is 22.7. The smallest absolute Gasteiger partial charge is 0.318 e. The number of hydrogen-bond acceptors (Lipinski definition) is 3. The van der Waals surface area contributed by atoms with Crippen molar-refractivity contribution in [2.24, 2.45) is 5.10 Å². The maximum atomic E-state index is 12.1. The Morgan fingerprint density at radius 1 is 0.871 bits per heavy atom. The van der Waals surface area contributed by atoms with E-state index in [-0.39, 0.29) is 0 Å². The molecule has 6 nitrogen and oxygen atoms in total. The lowest BCUT2D eigenvalue weighted by molar-refractivity contribution is -0.136. The van der Waals surface area contributed by atoms with Gasteiger partial charge in [-0.3, -0.25) is 9.59 Å². The van der Waals surface area contributed by atoms with Crippen LogP contribution in [0, 0.1) is 27.7 Å². The van der Waals surface area contributed by atoms with Crippen LogP contribution in [0.15, 0.2) is 47.6 Å². The average molecular weight is 457 g/mol. The van der Waals surface area contributed by atoms with Crippen LogP contribution in [0.25, 0.3) is 5.69 Å². The molecule has 8 heteroatoms. The van der Waals surface area contributed by atoms with Gasteiger partial charge in [0.15, 0.2) is 0 Å². The third kappa shape index (κ3) is 5.54. The summed E-state index contributed by atoms with van der Waals surface area (Å²) in [4.78, 5) is 24.2. The van der Waals surface area contributed by atoms with Crippen LogP contribution in [0.1, 0.15) is 28.1 Å². The Morgan fingerprint density at radius 2 is 1.48 bits per heavy atom. The van der Waals surface area contributed by atoms with Gasteiger partial charge in [0, 0.05) is 38.4 Å². The molecule has 0 bridgehead atoms. The van der Waals surface area contributed by atoms with Crippen molar-refractivity contribution in [2.75, 3.05) is 5.32 Å². The van der Waals surface area contributed by atoms with Crippen LogP contribution in [0.2, 0.25) is 10.0 Å². The highest BCUT2D eigenvalue weighted by molar-refractivity contribution is 6.39. The SMILES string of the molecule is Cc1cc(C)cc(NC(=O)C(=O)N/N=C\c2cc(C)n(-c3cc(Cl)cc(Cl)c3)c2C)c1.